The zero-order valence-corrected chi connectivity index (χ0v) is 17.1. The second-order valence-corrected chi connectivity index (χ2v) is 9.10. The van der Waals surface area contributed by atoms with E-state index in [0.29, 0.717) is 44.8 Å². The molecule has 2 aromatic rings. The quantitative estimate of drug-likeness (QED) is 0.744. The average Bonchev–Trinajstić information content (AvgIpc) is 2.88. The van der Waals surface area contributed by atoms with Crippen LogP contribution in [0, 0.1) is 0 Å². The van der Waals surface area contributed by atoms with Gasteiger partial charge in [-0.1, -0.05) is 42.5 Å². The third kappa shape index (κ3) is 5.33. The van der Waals surface area contributed by atoms with Crippen LogP contribution in [0.15, 0.2) is 48.5 Å². The Morgan fingerprint density at radius 3 is 2.61 bits per heavy atom. The molecule has 0 N–H and O–H groups in total. The summed E-state index contributed by atoms with van der Waals surface area (Å²) in [5.74, 6) is 0.787. The molecule has 0 radical (unpaired) electrons. The first-order chi connectivity index (χ1) is 13.3. The van der Waals surface area contributed by atoms with E-state index in [4.69, 9.17) is 4.74 Å². The summed E-state index contributed by atoms with van der Waals surface area (Å²) >= 11 is 0. The summed E-state index contributed by atoms with van der Waals surface area (Å²) in [7, 11) is -1.47. The molecule has 7 heteroatoms. The Bertz CT molecular complexity index is 929. The van der Waals surface area contributed by atoms with Crippen LogP contribution in [0.25, 0.3) is 0 Å². The third-order valence-electron chi connectivity index (χ3n) is 4.85. The van der Waals surface area contributed by atoms with Gasteiger partial charge in [-0.15, -0.1) is 0 Å². The molecule has 1 aliphatic rings. The SMILES string of the molecule is CN(Cc1ccccc1)C(=O)CCc1ccc2c(c1)CN(S(C)(=O)=O)CCO2. The molecular weight excluding hydrogens is 376 g/mol. The van der Waals surface area contributed by atoms with Crippen molar-refractivity contribution in [3.05, 3.63) is 65.2 Å². The lowest BCUT2D eigenvalue weighted by atomic mass is 10.0. The number of ether oxygens (including phenoxy) is 1. The van der Waals surface area contributed by atoms with Crippen molar-refractivity contribution < 1.29 is 17.9 Å². The molecule has 0 aromatic heterocycles. The third-order valence-corrected chi connectivity index (χ3v) is 6.10. The first kappa shape index (κ1) is 20.4. The van der Waals surface area contributed by atoms with Crippen LogP contribution in [-0.4, -0.2) is 50.0 Å². The minimum Gasteiger partial charge on any atom is -0.492 e. The average molecular weight is 403 g/mol. The van der Waals surface area contributed by atoms with Crippen LogP contribution >= 0.6 is 0 Å². The van der Waals surface area contributed by atoms with Crippen LogP contribution in [0.5, 0.6) is 5.75 Å². The Labute approximate surface area is 166 Å². The van der Waals surface area contributed by atoms with Gasteiger partial charge in [0, 0.05) is 38.7 Å². The lowest BCUT2D eigenvalue weighted by Crippen LogP contribution is -2.31. The van der Waals surface area contributed by atoms with Gasteiger partial charge in [-0.25, -0.2) is 8.42 Å². The van der Waals surface area contributed by atoms with E-state index in [1.807, 2.05) is 55.6 Å². The number of nitrogens with zero attached hydrogens (tertiary/aromatic N) is 2. The van der Waals surface area contributed by atoms with E-state index in [1.54, 1.807) is 4.90 Å². The number of hydrogen-bond acceptors (Lipinski definition) is 4. The van der Waals surface area contributed by atoms with Crippen molar-refractivity contribution >= 4 is 15.9 Å². The molecule has 0 bridgehead atoms. The fourth-order valence-electron chi connectivity index (χ4n) is 3.25. The van der Waals surface area contributed by atoms with Crippen LogP contribution in [0.2, 0.25) is 0 Å². The molecule has 0 saturated heterocycles. The summed E-state index contributed by atoms with van der Waals surface area (Å²) in [4.78, 5) is 14.2. The van der Waals surface area contributed by atoms with Gasteiger partial charge in [0.1, 0.15) is 12.4 Å². The number of rotatable bonds is 6. The van der Waals surface area contributed by atoms with E-state index < -0.39 is 10.0 Å². The molecule has 0 spiro atoms. The summed E-state index contributed by atoms with van der Waals surface area (Å²) in [6, 6.07) is 15.7. The fraction of sp³-hybridized carbons (Fsp3) is 0.381. The molecule has 28 heavy (non-hydrogen) atoms. The first-order valence-electron chi connectivity index (χ1n) is 9.30. The zero-order chi connectivity index (χ0) is 20.1. The molecule has 1 aliphatic heterocycles. The lowest BCUT2D eigenvalue weighted by Gasteiger charge is -2.18. The molecular formula is C21H26N2O4S. The lowest BCUT2D eigenvalue weighted by molar-refractivity contribution is -0.130. The summed E-state index contributed by atoms with van der Waals surface area (Å²) in [5.41, 5.74) is 2.94. The van der Waals surface area contributed by atoms with Crippen molar-refractivity contribution in [2.24, 2.45) is 0 Å². The maximum Gasteiger partial charge on any atom is 0.222 e. The van der Waals surface area contributed by atoms with E-state index in [1.165, 1.54) is 10.6 Å². The topological polar surface area (TPSA) is 66.9 Å². The molecule has 0 saturated carbocycles. The van der Waals surface area contributed by atoms with Crippen molar-refractivity contribution in [3.63, 3.8) is 0 Å². The molecule has 6 nitrogen and oxygen atoms in total. The molecule has 2 aromatic carbocycles. The van der Waals surface area contributed by atoms with Gasteiger partial charge in [0.15, 0.2) is 0 Å². The highest BCUT2D eigenvalue weighted by molar-refractivity contribution is 7.88. The smallest absolute Gasteiger partial charge is 0.222 e. The summed E-state index contributed by atoms with van der Waals surface area (Å²) in [6.07, 6.45) is 2.21. The molecule has 3 rings (SSSR count). The Morgan fingerprint density at radius 2 is 1.89 bits per heavy atom. The van der Waals surface area contributed by atoms with Crippen LogP contribution in [0.3, 0.4) is 0 Å². The molecule has 0 unspecified atom stereocenters. The predicted molar refractivity (Wildman–Crippen MR) is 108 cm³/mol. The maximum absolute atomic E-state index is 12.5. The van der Waals surface area contributed by atoms with Gasteiger partial charge in [-0.3, -0.25) is 4.79 Å². The minimum atomic E-state index is -3.28. The molecule has 0 fully saturated rings. The highest BCUT2D eigenvalue weighted by Gasteiger charge is 2.22. The standard InChI is InChI=1S/C21H26N2O4S/c1-22(15-18-6-4-3-5-7-18)21(24)11-9-17-8-10-20-19(14-17)16-23(12-13-27-20)28(2,25)26/h3-8,10,14H,9,11-13,15-16H2,1-2H3. The van der Waals surface area contributed by atoms with Crippen molar-refractivity contribution in [1.82, 2.24) is 9.21 Å². The van der Waals surface area contributed by atoms with Crippen molar-refractivity contribution in [3.8, 4) is 5.75 Å². The largest absolute Gasteiger partial charge is 0.492 e. The molecule has 1 amide bonds. The molecule has 1 heterocycles. The number of benzene rings is 2. The second-order valence-electron chi connectivity index (χ2n) is 7.12. The minimum absolute atomic E-state index is 0.0767. The Balaban J connectivity index is 1.62. The van der Waals surface area contributed by atoms with Crippen molar-refractivity contribution in [2.45, 2.75) is 25.9 Å². The number of sulfonamides is 1. The van der Waals surface area contributed by atoms with Crippen molar-refractivity contribution in [2.75, 3.05) is 26.5 Å². The summed E-state index contributed by atoms with van der Waals surface area (Å²) in [5, 5.41) is 0. The normalized spacial score (nSPS) is 14.6. The summed E-state index contributed by atoms with van der Waals surface area (Å²) in [6.45, 7) is 1.55. The monoisotopic (exact) mass is 402 g/mol. The fourth-order valence-corrected chi connectivity index (χ4v) is 4.03. The summed E-state index contributed by atoms with van der Waals surface area (Å²) < 4.78 is 30.9. The van der Waals surface area contributed by atoms with Crippen LogP contribution in [0.4, 0.5) is 0 Å². The van der Waals surface area contributed by atoms with Gasteiger partial charge < -0.3 is 9.64 Å². The van der Waals surface area contributed by atoms with E-state index in [0.717, 1.165) is 16.7 Å². The van der Waals surface area contributed by atoms with E-state index >= 15 is 0 Å². The Morgan fingerprint density at radius 1 is 1.14 bits per heavy atom. The molecule has 0 atom stereocenters. The van der Waals surface area contributed by atoms with Crippen molar-refractivity contribution in [1.29, 1.82) is 0 Å². The second kappa shape index (κ2) is 8.75. The zero-order valence-electron chi connectivity index (χ0n) is 16.3. The van der Waals surface area contributed by atoms with E-state index in [9.17, 15) is 13.2 Å². The molecule has 0 aliphatic carbocycles. The highest BCUT2D eigenvalue weighted by atomic mass is 32.2. The van der Waals surface area contributed by atoms with E-state index in [-0.39, 0.29) is 5.91 Å². The number of aryl methyl sites for hydroxylation is 1. The van der Waals surface area contributed by atoms with Gasteiger partial charge in [0.2, 0.25) is 15.9 Å². The van der Waals surface area contributed by atoms with Crippen LogP contribution < -0.4 is 4.74 Å². The Hall–Kier alpha value is -2.38. The number of fused-ring (bicyclic) bond motifs is 1. The molecule has 150 valence electrons. The van der Waals surface area contributed by atoms with Gasteiger partial charge >= 0.3 is 0 Å². The predicted octanol–water partition coefficient (Wildman–Crippen LogP) is 2.43. The van der Waals surface area contributed by atoms with Gasteiger partial charge in [-0.2, -0.15) is 4.31 Å². The Kier molecular flexibility index (Phi) is 6.36. The van der Waals surface area contributed by atoms with Gasteiger partial charge in [0.05, 0.1) is 6.26 Å². The maximum atomic E-state index is 12.5. The first-order valence-corrected chi connectivity index (χ1v) is 11.2. The number of amides is 1. The number of carbonyl (C=O) groups is 1. The highest BCUT2D eigenvalue weighted by Crippen LogP contribution is 2.26. The van der Waals surface area contributed by atoms with Gasteiger partial charge in [-0.05, 0) is 23.6 Å². The van der Waals surface area contributed by atoms with E-state index in [2.05, 4.69) is 0 Å². The van der Waals surface area contributed by atoms with Gasteiger partial charge in [0.25, 0.3) is 0 Å². The van der Waals surface area contributed by atoms with Crippen LogP contribution in [0.1, 0.15) is 23.1 Å². The number of hydrogen-bond donors (Lipinski definition) is 0. The number of carbonyl (C=O) groups excluding carboxylic acids is 1. The van der Waals surface area contributed by atoms with Crippen LogP contribution in [-0.2, 0) is 34.3 Å².